The Hall–Kier alpha value is -0.810. The molecule has 2 rings (SSSR count). The Morgan fingerprint density at radius 1 is 1.47 bits per heavy atom. The molecule has 0 unspecified atom stereocenters. The molecular weight excluding hydrogens is 284 g/mol. The quantitative estimate of drug-likeness (QED) is 0.896. The molecule has 0 atom stereocenters. The first-order chi connectivity index (χ1) is 8.20. The Morgan fingerprint density at radius 3 is 2.71 bits per heavy atom. The lowest BCUT2D eigenvalue weighted by molar-refractivity contribution is -0.904. The van der Waals surface area contributed by atoms with Crippen LogP contribution >= 0.6 is 15.9 Å². The van der Waals surface area contributed by atoms with Crippen molar-refractivity contribution in [3.63, 3.8) is 0 Å². The summed E-state index contributed by atoms with van der Waals surface area (Å²) in [6, 6.07) is 3.48. The smallest absolute Gasteiger partial charge is 0.290 e. The van der Waals surface area contributed by atoms with Crippen molar-refractivity contribution in [1.29, 1.82) is 0 Å². The highest BCUT2D eigenvalue weighted by Gasteiger charge is 2.25. The molecule has 5 heteroatoms. The van der Waals surface area contributed by atoms with Crippen LogP contribution in [0.25, 0.3) is 0 Å². The number of hydrogen-bond acceptors (Lipinski definition) is 2. The van der Waals surface area contributed by atoms with Crippen molar-refractivity contribution >= 4 is 21.8 Å². The van der Waals surface area contributed by atoms with Gasteiger partial charge in [-0.25, -0.2) is 0 Å². The molecule has 0 bridgehead atoms. The summed E-state index contributed by atoms with van der Waals surface area (Å²) in [4.78, 5) is 15.6. The summed E-state index contributed by atoms with van der Waals surface area (Å²) in [6.07, 6.45) is 1.20. The predicted molar refractivity (Wildman–Crippen MR) is 68.2 cm³/mol. The zero-order valence-corrected chi connectivity index (χ0v) is 11.6. The lowest BCUT2D eigenvalue weighted by atomic mass is 10.2. The van der Waals surface area contributed by atoms with Crippen LogP contribution in [0.5, 0.6) is 0 Å². The standard InChI is InChI=1S/C12H17BrN2O2/c1-2-5-14-6-8-15(9-7-14)12(16)10-3-4-11(13)17-10/h3-4H,2,5-9H2,1H3/p+1. The number of furan rings is 1. The second-order valence-electron chi connectivity index (χ2n) is 4.40. The van der Waals surface area contributed by atoms with Crippen molar-refractivity contribution in [2.75, 3.05) is 32.7 Å². The molecule has 0 spiro atoms. The van der Waals surface area contributed by atoms with Gasteiger partial charge in [0.25, 0.3) is 5.91 Å². The SMILES string of the molecule is CCC[NH+]1CCN(C(=O)c2ccc(Br)o2)CC1. The van der Waals surface area contributed by atoms with Gasteiger partial charge in [-0.1, -0.05) is 6.92 Å². The largest absolute Gasteiger partial charge is 0.444 e. The summed E-state index contributed by atoms with van der Waals surface area (Å²) in [7, 11) is 0. The van der Waals surface area contributed by atoms with E-state index in [2.05, 4.69) is 22.9 Å². The van der Waals surface area contributed by atoms with Gasteiger partial charge in [-0.2, -0.15) is 0 Å². The van der Waals surface area contributed by atoms with E-state index < -0.39 is 0 Å². The van der Waals surface area contributed by atoms with Crippen LogP contribution in [0.2, 0.25) is 0 Å². The molecule has 1 aliphatic heterocycles. The highest BCUT2D eigenvalue weighted by Crippen LogP contribution is 2.15. The lowest BCUT2D eigenvalue weighted by Gasteiger charge is -2.31. The maximum atomic E-state index is 12.1. The molecule has 2 heterocycles. The van der Waals surface area contributed by atoms with Crippen LogP contribution in [0.15, 0.2) is 21.2 Å². The van der Waals surface area contributed by atoms with Crippen LogP contribution in [0.3, 0.4) is 0 Å². The van der Waals surface area contributed by atoms with Gasteiger partial charge in [0.1, 0.15) is 0 Å². The molecule has 1 saturated heterocycles. The summed E-state index contributed by atoms with van der Waals surface area (Å²) in [5.41, 5.74) is 0. The number of hydrogen-bond donors (Lipinski definition) is 1. The zero-order valence-electron chi connectivity index (χ0n) is 10.0. The summed E-state index contributed by atoms with van der Waals surface area (Å²) in [5.74, 6) is 0.432. The fourth-order valence-electron chi connectivity index (χ4n) is 2.21. The van der Waals surface area contributed by atoms with Crippen molar-refractivity contribution in [2.24, 2.45) is 0 Å². The molecule has 1 aromatic heterocycles. The van der Waals surface area contributed by atoms with Crippen molar-refractivity contribution in [1.82, 2.24) is 4.90 Å². The Bertz CT molecular complexity index is 384. The topological polar surface area (TPSA) is 37.9 Å². The van der Waals surface area contributed by atoms with Crippen LogP contribution in [0, 0.1) is 0 Å². The first-order valence-electron chi connectivity index (χ1n) is 6.09. The highest BCUT2D eigenvalue weighted by molar-refractivity contribution is 9.10. The van der Waals surface area contributed by atoms with Crippen molar-refractivity contribution in [3.05, 3.63) is 22.6 Å². The van der Waals surface area contributed by atoms with Crippen molar-refractivity contribution in [3.8, 4) is 0 Å². The number of quaternary nitrogens is 1. The van der Waals surface area contributed by atoms with Crippen LogP contribution in [-0.2, 0) is 0 Å². The second kappa shape index (κ2) is 5.69. The van der Waals surface area contributed by atoms with Gasteiger partial charge in [-0.05, 0) is 34.5 Å². The number of carbonyl (C=O) groups is 1. The Balaban J connectivity index is 1.90. The third kappa shape index (κ3) is 3.10. The number of halogens is 1. The van der Waals surface area contributed by atoms with Crippen LogP contribution < -0.4 is 4.90 Å². The molecule has 1 N–H and O–H groups in total. The lowest BCUT2D eigenvalue weighted by Crippen LogP contribution is -3.14. The predicted octanol–water partition coefficient (Wildman–Crippen LogP) is 0.793. The van der Waals surface area contributed by atoms with E-state index in [4.69, 9.17) is 4.42 Å². The third-order valence-corrected chi connectivity index (χ3v) is 3.57. The van der Waals surface area contributed by atoms with E-state index in [1.165, 1.54) is 13.0 Å². The Labute approximate surface area is 110 Å². The molecule has 0 aliphatic carbocycles. The minimum Gasteiger partial charge on any atom is -0.444 e. The molecule has 1 fully saturated rings. The van der Waals surface area contributed by atoms with Crippen LogP contribution in [0.1, 0.15) is 23.9 Å². The molecule has 94 valence electrons. The Morgan fingerprint density at radius 2 is 2.18 bits per heavy atom. The van der Waals surface area contributed by atoms with E-state index in [-0.39, 0.29) is 5.91 Å². The van der Waals surface area contributed by atoms with Gasteiger partial charge in [0, 0.05) is 0 Å². The average Bonchev–Trinajstić information content (AvgIpc) is 2.76. The van der Waals surface area contributed by atoms with Gasteiger partial charge < -0.3 is 14.2 Å². The maximum absolute atomic E-state index is 12.1. The summed E-state index contributed by atoms with van der Waals surface area (Å²) >= 11 is 3.21. The van der Waals surface area contributed by atoms with E-state index >= 15 is 0 Å². The van der Waals surface area contributed by atoms with E-state index in [0.29, 0.717) is 10.4 Å². The van der Waals surface area contributed by atoms with Gasteiger partial charge in [0.15, 0.2) is 10.4 Å². The summed E-state index contributed by atoms with van der Waals surface area (Å²) in [5, 5.41) is 0. The van der Waals surface area contributed by atoms with Gasteiger partial charge in [-0.3, -0.25) is 4.79 Å². The average molecular weight is 302 g/mol. The summed E-state index contributed by atoms with van der Waals surface area (Å²) < 4.78 is 5.90. The van der Waals surface area contributed by atoms with Crippen LogP contribution in [-0.4, -0.2) is 43.5 Å². The first-order valence-corrected chi connectivity index (χ1v) is 6.88. The number of piperazine rings is 1. The summed E-state index contributed by atoms with van der Waals surface area (Å²) in [6.45, 7) is 7.14. The molecule has 4 nitrogen and oxygen atoms in total. The molecule has 0 saturated carbocycles. The fourth-order valence-corrected chi connectivity index (χ4v) is 2.52. The fraction of sp³-hybridized carbons (Fsp3) is 0.583. The van der Waals surface area contributed by atoms with Gasteiger partial charge in [0.2, 0.25) is 0 Å². The number of nitrogens with zero attached hydrogens (tertiary/aromatic N) is 1. The maximum Gasteiger partial charge on any atom is 0.290 e. The molecule has 17 heavy (non-hydrogen) atoms. The third-order valence-electron chi connectivity index (χ3n) is 3.15. The molecule has 1 amide bonds. The normalized spacial score (nSPS) is 17.4. The minimum absolute atomic E-state index is 0.00579. The number of rotatable bonds is 3. The van der Waals surface area contributed by atoms with E-state index in [0.717, 1.165) is 26.2 Å². The van der Waals surface area contributed by atoms with Crippen molar-refractivity contribution < 1.29 is 14.1 Å². The van der Waals surface area contributed by atoms with E-state index in [9.17, 15) is 4.79 Å². The highest BCUT2D eigenvalue weighted by atomic mass is 79.9. The van der Waals surface area contributed by atoms with Crippen molar-refractivity contribution in [2.45, 2.75) is 13.3 Å². The van der Waals surface area contributed by atoms with Gasteiger partial charge in [0.05, 0.1) is 32.7 Å². The zero-order chi connectivity index (χ0) is 12.3. The van der Waals surface area contributed by atoms with Gasteiger partial charge in [-0.15, -0.1) is 0 Å². The van der Waals surface area contributed by atoms with Crippen LogP contribution in [0.4, 0.5) is 0 Å². The van der Waals surface area contributed by atoms with E-state index in [1.54, 1.807) is 17.0 Å². The first kappa shape index (κ1) is 12.6. The van der Waals surface area contributed by atoms with E-state index in [1.807, 2.05) is 4.90 Å². The Kier molecular flexibility index (Phi) is 4.23. The van der Waals surface area contributed by atoms with Gasteiger partial charge >= 0.3 is 0 Å². The minimum atomic E-state index is 0.00579. The number of carbonyl (C=O) groups excluding carboxylic acids is 1. The molecule has 1 aliphatic rings. The number of nitrogens with one attached hydrogen (secondary N) is 1. The number of amides is 1. The monoisotopic (exact) mass is 301 g/mol. The second-order valence-corrected chi connectivity index (χ2v) is 5.18. The molecular formula is C12H18BrN2O2+. The molecule has 0 radical (unpaired) electrons. The molecule has 0 aromatic carbocycles. The molecule has 1 aromatic rings.